The topological polar surface area (TPSA) is 81.3 Å². The summed E-state index contributed by atoms with van der Waals surface area (Å²) in [6.07, 6.45) is 0.661. The summed E-state index contributed by atoms with van der Waals surface area (Å²) >= 11 is 1.52. The maximum atomic E-state index is 12.5. The minimum Gasteiger partial charge on any atom is -0.326 e. The second-order valence-corrected chi connectivity index (χ2v) is 9.51. The first-order chi connectivity index (χ1) is 14.9. The number of nitrogens with one attached hydrogen (secondary N) is 2. The Morgan fingerprint density at radius 2 is 2.00 bits per heavy atom. The Morgan fingerprint density at radius 1 is 1.23 bits per heavy atom. The van der Waals surface area contributed by atoms with Crippen LogP contribution >= 0.6 is 11.3 Å². The molecule has 3 heterocycles. The Kier molecular flexibility index (Phi) is 6.50. The molecule has 4 rings (SSSR count). The van der Waals surface area contributed by atoms with Gasteiger partial charge in [0, 0.05) is 56.1 Å². The number of benzene rings is 1. The zero-order valence-corrected chi connectivity index (χ0v) is 19.1. The van der Waals surface area contributed by atoms with Crippen molar-refractivity contribution in [3.63, 3.8) is 0 Å². The summed E-state index contributed by atoms with van der Waals surface area (Å²) in [4.78, 5) is 38.9. The molecule has 0 atom stereocenters. The van der Waals surface area contributed by atoms with E-state index >= 15 is 0 Å². The lowest BCUT2D eigenvalue weighted by Crippen LogP contribution is -2.43. The summed E-state index contributed by atoms with van der Waals surface area (Å²) in [6.45, 7) is 9.12. The number of anilines is 1. The van der Waals surface area contributed by atoms with Crippen LogP contribution in [0.25, 0.3) is 10.2 Å². The van der Waals surface area contributed by atoms with Gasteiger partial charge in [-0.3, -0.25) is 14.5 Å². The standard InChI is InChI=1S/C23H29N5O2S/c1-15-16(2)31-23-21(15)22(30)25-19(26-23)7-8-20(29)24-18-6-4-5-17(13-18)14-28-11-9-27(3)10-12-28/h4-6,13H,7-12,14H2,1-3H3,(H,24,29)(H,25,26,30). The van der Waals surface area contributed by atoms with Gasteiger partial charge in [-0.1, -0.05) is 12.1 Å². The van der Waals surface area contributed by atoms with Crippen LogP contribution < -0.4 is 10.9 Å². The fourth-order valence-electron chi connectivity index (χ4n) is 3.88. The number of nitrogens with zero attached hydrogens (tertiary/aromatic N) is 3. The van der Waals surface area contributed by atoms with Crippen LogP contribution in [0.2, 0.25) is 0 Å². The van der Waals surface area contributed by atoms with Crippen molar-refractivity contribution in [2.45, 2.75) is 33.2 Å². The molecule has 2 aromatic heterocycles. The van der Waals surface area contributed by atoms with Crippen LogP contribution in [-0.2, 0) is 17.8 Å². The highest BCUT2D eigenvalue weighted by molar-refractivity contribution is 7.18. The minimum absolute atomic E-state index is 0.0852. The van der Waals surface area contributed by atoms with Crippen LogP contribution in [-0.4, -0.2) is 58.9 Å². The lowest BCUT2D eigenvalue weighted by molar-refractivity contribution is -0.116. The second kappa shape index (κ2) is 9.30. The third-order valence-corrected chi connectivity index (χ3v) is 6.99. The van der Waals surface area contributed by atoms with Gasteiger partial charge in [0.15, 0.2) is 0 Å². The summed E-state index contributed by atoms with van der Waals surface area (Å²) in [5.41, 5.74) is 2.86. The SMILES string of the molecule is Cc1sc2nc(CCC(=O)Nc3cccc(CN4CCN(C)CC4)c3)[nH]c(=O)c2c1C. The first kappa shape index (κ1) is 21.7. The summed E-state index contributed by atoms with van der Waals surface area (Å²) in [7, 11) is 2.15. The number of aryl methyl sites for hydroxylation is 3. The molecule has 3 aromatic rings. The second-order valence-electron chi connectivity index (χ2n) is 8.30. The van der Waals surface area contributed by atoms with E-state index in [1.807, 2.05) is 32.0 Å². The van der Waals surface area contributed by atoms with Gasteiger partial charge in [-0.25, -0.2) is 4.98 Å². The molecule has 0 unspecified atom stereocenters. The highest BCUT2D eigenvalue weighted by atomic mass is 32.1. The number of aromatic amines is 1. The van der Waals surface area contributed by atoms with E-state index in [4.69, 9.17) is 0 Å². The molecule has 0 aliphatic carbocycles. The van der Waals surface area contributed by atoms with Crippen LogP contribution in [0.3, 0.4) is 0 Å². The number of rotatable bonds is 6. The number of hydrogen-bond acceptors (Lipinski definition) is 6. The van der Waals surface area contributed by atoms with Gasteiger partial charge < -0.3 is 15.2 Å². The van der Waals surface area contributed by atoms with E-state index in [2.05, 4.69) is 38.2 Å². The molecule has 0 bridgehead atoms. The van der Waals surface area contributed by atoms with Crippen molar-refractivity contribution >= 4 is 33.1 Å². The molecule has 1 aliphatic heterocycles. The Hall–Kier alpha value is -2.55. The summed E-state index contributed by atoms with van der Waals surface area (Å²) < 4.78 is 0. The van der Waals surface area contributed by atoms with E-state index in [1.165, 1.54) is 16.9 Å². The Labute approximate surface area is 186 Å². The number of thiophene rings is 1. The first-order valence-electron chi connectivity index (χ1n) is 10.7. The molecule has 164 valence electrons. The van der Waals surface area contributed by atoms with E-state index in [9.17, 15) is 9.59 Å². The van der Waals surface area contributed by atoms with Gasteiger partial charge in [0.05, 0.1) is 5.39 Å². The molecule has 1 amide bonds. The fraction of sp³-hybridized carbons (Fsp3) is 0.435. The number of H-pyrrole nitrogens is 1. The van der Waals surface area contributed by atoms with Gasteiger partial charge in [-0.2, -0.15) is 0 Å². The van der Waals surface area contributed by atoms with E-state index in [1.54, 1.807) is 0 Å². The number of carbonyl (C=O) groups is 1. The van der Waals surface area contributed by atoms with Gasteiger partial charge in [-0.15, -0.1) is 11.3 Å². The van der Waals surface area contributed by atoms with Crippen LogP contribution in [0.5, 0.6) is 0 Å². The molecule has 2 N–H and O–H groups in total. The molecule has 7 nitrogen and oxygen atoms in total. The molecule has 0 saturated carbocycles. The van der Waals surface area contributed by atoms with Crippen LogP contribution in [0.1, 0.15) is 28.2 Å². The monoisotopic (exact) mass is 439 g/mol. The molecule has 1 aromatic carbocycles. The molecule has 1 fully saturated rings. The zero-order valence-electron chi connectivity index (χ0n) is 18.3. The quantitative estimate of drug-likeness (QED) is 0.617. The third-order valence-electron chi connectivity index (χ3n) is 5.89. The fourth-order valence-corrected chi connectivity index (χ4v) is 4.93. The molecular weight excluding hydrogens is 410 g/mol. The summed E-state index contributed by atoms with van der Waals surface area (Å²) in [5, 5.41) is 3.64. The molecular formula is C23H29N5O2S. The Bertz CT molecular complexity index is 1140. The number of hydrogen-bond donors (Lipinski definition) is 2. The van der Waals surface area contributed by atoms with Gasteiger partial charge in [-0.05, 0) is 44.2 Å². The molecule has 8 heteroatoms. The highest BCUT2D eigenvalue weighted by Crippen LogP contribution is 2.25. The lowest BCUT2D eigenvalue weighted by Gasteiger charge is -2.32. The largest absolute Gasteiger partial charge is 0.326 e. The molecule has 1 aliphatic rings. The van der Waals surface area contributed by atoms with Crippen molar-refractivity contribution in [1.82, 2.24) is 19.8 Å². The average Bonchev–Trinajstić information content (AvgIpc) is 3.02. The Morgan fingerprint density at radius 3 is 2.77 bits per heavy atom. The van der Waals surface area contributed by atoms with Gasteiger partial charge in [0.1, 0.15) is 10.7 Å². The van der Waals surface area contributed by atoms with Gasteiger partial charge in [0.25, 0.3) is 5.56 Å². The predicted molar refractivity (Wildman–Crippen MR) is 126 cm³/mol. The van der Waals surface area contributed by atoms with Crippen molar-refractivity contribution in [3.8, 4) is 0 Å². The van der Waals surface area contributed by atoms with Crippen molar-refractivity contribution in [1.29, 1.82) is 0 Å². The van der Waals surface area contributed by atoms with E-state index in [0.29, 0.717) is 17.6 Å². The maximum absolute atomic E-state index is 12.5. The van der Waals surface area contributed by atoms with Crippen LogP contribution in [0, 0.1) is 13.8 Å². The van der Waals surface area contributed by atoms with E-state index in [0.717, 1.165) is 53.7 Å². The van der Waals surface area contributed by atoms with E-state index < -0.39 is 0 Å². The number of amides is 1. The summed E-state index contributed by atoms with van der Waals surface area (Å²) in [6, 6.07) is 8.03. The first-order valence-corrected chi connectivity index (χ1v) is 11.5. The molecule has 0 spiro atoms. The predicted octanol–water partition coefficient (Wildman–Crippen LogP) is 2.92. The molecule has 1 saturated heterocycles. The lowest BCUT2D eigenvalue weighted by atomic mass is 10.1. The van der Waals surface area contributed by atoms with E-state index in [-0.39, 0.29) is 17.9 Å². The number of fused-ring (bicyclic) bond motifs is 1. The van der Waals surface area contributed by atoms with Crippen molar-refractivity contribution < 1.29 is 4.79 Å². The number of likely N-dealkylation sites (N-methyl/N-ethyl adjacent to an activating group) is 1. The van der Waals surface area contributed by atoms with Crippen molar-refractivity contribution in [2.75, 3.05) is 38.5 Å². The highest BCUT2D eigenvalue weighted by Gasteiger charge is 2.15. The number of carbonyl (C=O) groups excluding carboxylic acids is 1. The van der Waals surface area contributed by atoms with Crippen LogP contribution in [0.4, 0.5) is 5.69 Å². The molecule has 31 heavy (non-hydrogen) atoms. The number of piperazine rings is 1. The smallest absolute Gasteiger partial charge is 0.259 e. The van der Waals surface area contributed by atoms with Gasteiger partial charge in [0.2, 0.25) is 5.91 Å². The average molecular weight is 440 g/mol. The molecule has 0 radical (unpaired) electrons. The zero-order chi connectivity index (χ0) is 22.0. The van der Waals surface area contributed by atoms with Crippen molar-refractivity contribution in [3.05, 3.63) is 56.4 Å². The summed E-state index contributed by atoms with van der Waals surface area (Å²) in [5.74, 6) is 0.468. The van der Waals surface area contributed by atoms with Crippen LogP contribution in [0.15, 0.2) is 29.1 Å². The van der Waals surface area contributed by atoms with Gasteiger partial charge >= 0.3 is 0 Å². The van der Waals surface area contributed by atoms with Crippen molar-refractivity contribution in [2.24, 2.45) is 0 Å². The minimum atomic E-state index is -0.126. The number of aromatic nitrogens is 2. The Balaban J connectivity index is 1.35. The normalized spacial score (nSPS) is 15.5. The maximum Gasteiger partial charge on any atom is 0.259 e. The third kappa shape index (κ3) is 5.20.